The van der Waals surface area contributed by atoms with E-state index in [0.717, 1.165) is 10.0 Å². The van der Waals surface area contributed by atoms with Gasteiger partial charge in [0.25, 0.3) is 0 Å². The summed E-state index contributed by atoms with van der Waals surface area (Å²) in [5.74, 6) is 0.574. The van der Waals surface area contributed by atoms with Gasteiger partial charge >= 0.3 is 0 Å². The van der Waals surface area contributed by atoms with Crippen molar-refractivity contribution in [2.75, 3.05) is 6.54 Å². The number of benzene rings is 2. The van der Waals surface area contributed by atoms with Crippen LogP contribution in [0.2, 0.25) is 10.0 Å². The number of halogens is 3. The molecule has 0 aliphatic carbocycles. The molecule has 1 atom stereocenters. The summed E-state index contributed by atoms with van der Waals surface area (Å²) in [6.45, 7) is 0.362. The van der Waals surface area contributed by atoms with Gasteiger partial charge in [0.2, 0.25) is 0 Å². The van der Waals surface area contributed by atoms with Gasteiger partial charge in [0.1, 0.15) is 11.9 Å². The molecule has 0 aliphatic heterocycles. The molecule has 5 heteroatoms. The molecule has 0 aliphatic rings. The molecule has 19 heavy (non-hydrogen) atoms. The summed E-state index contributed by atoms with van der Waals surface area (Å²) in [6, 6.07) is 12.9. The van der Waals surface area contributed by atoms with Crippen LogP contribution in [0.3, 0.4) is 0 Å². The molecule has 2 aromatic rings. The Balaban J connectivity index is 2.21. The van der Waals surface area contributed by atoms with Gasteiger partial charge in [-0.05, 0) is 35.9 Å². The molecule has 1 unspecified atom stereocenters. The first-order chi connectivity index (χ1) is 9.10. The molecule has 0 radical (unpaired) electrons. The summed E-state index contributed by atoms with van der Waals surface area (Å²) in [5.41, 5.74) is 6.76. The number of hydrogen-bond acceptors (Lipinski definition) is 2. The second-order valence-electron chi connectivity index (χ2n) is 3.97. The third-order valence-electron chi connectivity index (χ3n) is 2.62. The predicted molar refractivity (Wildman–Crippen MR) is 83.0 cm³/mol. The zero-order valence-corrected chi connectivity index (χ0v) is 13.0. The molecule has 0 bridgehead atoms. The van der Waals surface area contributed by atoms with Crippen LogP contribution in [0.15, 0.2) is 46.9 Å². The average Bonchev–Trinajstić information content (AvgIpc) is 2.39. The van der Waals surface area contributed by atoms with Crippen molar-refractivity contribution >= 4 is 39.1 Å². The fourth-order valence-corrected chi connectivity index (χ4v) is 2.37. The van der Waals surface area contributed by atoms with Crippen molar-refractivity contribution < 1.29 is 4.74 Å². The van der Waals surface area contributed by atoms with Gasteiger partial charge < -0.3 is 10.5 Å². The van der Waals surface area contributed by atoms with Crippen molar-refractivity contribution in [3.8, 4) is 5.75 Å². The standard InChI is InChI=1S/C14H12BrCl2NO/c15-10-3-1-9(2-4-10)14(8-18)19-13-6-5-11(16)7-12(13)17/h1-7,14H,8,18H2. The molecule has 0 amide bonds. The zero-order valence-electron chi connectivity index (χ0n) is 9.95. The number of hydrogen-bond donors (Lipinski definition) is 1. The minimum Gasteiger partial charge on any atom is -0.483 e. The third kappa shape index (κ3) is 3.86. The number of ether oxygens (including phenoxy) is 1. The van der Waals surface area contributed by atoms with Crippen molar-refractivity contribution in [1.82, 2.24) is 0 Å². The maximum atomic E-state index is 6.09. The van der Waals surface area contributed by atoms with Crippen LogP contribution < -0.4 is 10.5 Å². The fourth-order valence-electron chi connectivity index (χ4n) is 1.65. The van der Waals surface area contributed by atoms with E-state index in [1.54, 1.807) is 18.2 Å². The van der Waals surface area contributed by atoms with Crippen LogP contribution in [0.25, 0.3) is 0 Å². The lowest BCUT2D eigenvalue weighted by molar-refractivity contribution is 0.214. The molecule has 0 saturated heterocycles. The van der Waals surface area contributed by atoms with Crippen LogP contribution >= 0.6 is 39.1 Å². The summed E-state index contributed by atoms with van der Waals surface area (Å²) in [7, 11) is 0. The van der Waals surface area contributed by atoms with Gasteiger partial charge in [0, 0.05) is 16.0 Å². The second-order valence-corrected chi connectivity index (χ2v) is 5.73. The lowest BCUT2D eigenvalue weighted by atomic mass is 10.1. The van der Waals surface area contributed by atoms with E-state index in [4.69, 9.17) is 33.7 Å². The molecular weight excluding hydrogens is 349 g/mol. The van der Waals surface area contributed by atoms with Gasteiger partial charge in [0.15, 0.2) is 0 Å². The second kappa shape index (κ2) is 6.62. The summed E-state index contributed by atoms with van der Waals surface area (Å²) in [4.78, 5) is 0. The first kappa shape index (κ1) is 14.7. The van der Waals surface area contributed by atoms with Gasteiger partial charge in [-0.15, -0.1) is 0 Å². The molecule has 2 nitrogen and oxygen atoms in total. The van der Waals surface area contributed by atoms with Crippen LogP contribution in [0, 0.1) is 0 Å². The molecule has 0 heterocycles. The minimum absolute atomic E-state index is 0.244. The number of rotatable bonds is 4. The summed E-state index contributed by atoms with van der Waals surface area (Å²) in [5, 5.41) is 1.05. The maximum absolute atomic E-state index is 6.09. The topological polar surface area (TPSA) is 35.2 Å². The van der Waals surface area contributed by atoms with E-state index in [1.807, 2.05) is 24.3 Å². The highest BCUT2D eigenvalue weighted by molar-refractivity contribution is 9.10. The molecule has 100 valence electrons. The number of nitrogens with two attached hydrogens (primary N) is 1. The lowest BCUT2D eigenvalue weighted by Gasteiger charge is -2.18. The van der Waals surface area contributed by atoms with Crippen molar-refractivity contribution in [2.24, 2.45) is 5.73 Å². The van der Waals surface area contributed by atoms with Gasteiger partial charge in [-0.25, -0.2) is 0 Å². The highest BCUT2D eigenvalue weighted by Gasteiger charge is 2.13. The molecule has 2 N–H and O–H groups in total. The zero-order chi connectivity index (χ0) is 13.8. The van der Waals surface area contributed by atoms with E-state index >= 15 is 0 Å². The normalized spacial score (nSPS) is 12.2. The van der Waals surface area contributed by atoms with Crippen molar-refractivity contribution in [1.29, 1.82) is 0 Å². The van der Waals surface area contributed by atoms with Crippen LogP contribution in [0.1, 0.15) is 11.7 Å². The van der Waals surface area contributed by atoms with Gasteiger partial charge in [-0.3, -0.25) is 0 Å². The third-order valence-corrected chi connectivity index (χ3v) is 3.68. The van der Waals surface area contributed by atoms with Crippen molar-refractivity contribution in [3.05, 3.63) is 62.5 Å². The molecule has 0 fully saturated rings. The molecule has 2 rings (SSSR count). The Bertz CT molecular complexity index is 560. The maximum Gasteiger partial charge on any atom is 0.139 e. The van der Waals surface area contributed by atoms with Crippen LogP contribution in [0.5, 0.6) is 5.75 Å². The van der Waals surface area contributed by atoms with Crippen LogP contribution in [0.4, 0.5) is 0 Å². The highest BCUT2D eigenvalue weighted by atomic mass is 79.9. The highest BCUT2D eigenvalue weighted by Crippen LogP contribution is 2.31. The Kier molecular flexibility index (Phi) is 5.11. The smallest absolute Gasteiger partial charge is 0.139 e. The van der Waals surface area contributed by atoms with Gasteiger partial charge in [0.05, 0.1) is 5.02 Å². The van der Waals surface area contributed by atoms with Crippen LogP contribution in [-0.4, -0.2) is 6.54 Å². The summed E-state index contributed by atoms with van der Waals surface area (Å²) in [6.07, 6.45) is -0.244. The molecular formula is C14H12BrCl2NO. The SMILES string of the molecule is NCC(Oc1ccc(Cl)cc1Cl)c1ccc(Br)cc1. The molecule has 0 saturated carbocycles. The van der Waals surface area contributed by atoms with Gasteiger partial charge in [-0.2, -0.15) is 0 Å². The Hall–Kier alpha value is -0.740. The van der Waals surface area contributed by atoms with E-state index in [1.165, 1.54) is 0 Å². The first-order valence-electron chi connectivity index (χ1n) is 5.67. The van der Waals surface area contributed by atoms with E-state index < -0.39 is 0 Å². The van der Waals surface area contributed by atoms with E-state index in [-0.39, 0.29) is 6.10 Å². The van der Waals surface area contributed by atoms with E-state index in [0.29, 0.717) is 22.3 Å². The van der Waals surface area contributed by atoms with Crippen molar-refractivity contribution in [3.63, 3.8) is 0 Å². The Morgan fingerprint density at radius 2 is 1.79 bits per heavy atom. The quantitative estimate of drug-likeness (QED) is 0.846. The Labute approximate surface area is 130 Å². The van der Waals surface area contributed by atoms with E-state index in [9.17, 15) is 0 Å². The van der Waals surface area contributed by atoms with Gasteiger partial charge in [-0.1, -0.05) is 51.3 Å². The lowest BCUT2D eigenvalue weighted by Crippen LogP contribution is -2.18. The average molecular weight is 361 g/mol. The fraction of sp³-hybridized carbons (Fsp3) is 0.143. The largest absolute Gasteiger partial charge is 0.483 e. The predicted octanol–water partition coefficient (Wildman–Crippen LogP) is 4.83. The minimum atomic E-state index is -0.244. The first-order valence-corrected chi connectivity index (χ1v) is 7.22. The molecule has 0 spiro atoms. The summed E-state index contributed by atoms with van der Waals surface area (Å²) >= 11 is 15.3. The summed E-state index contributed by atoms with van der Waals surface area (Å²) < 4.78 is 6.86. The molecule has 2 aromatic carbocycles. The van der Waals surface area contributed by atoms with E-state index in [2.05, 4.69) is 15.9 Å². The Morgan fingerprint density at radius 3 is 2.37 bits per heavy atom. The van der Waals surface area contributed by atoms with Crippen molar-refractivity contribution in [2.45, 2.75) is 6.10 Å². The molecule has 0 aromatic heterocycles. The van der Waals surface area contributed by atoms with Crippen LogP contribution in [-0.2, 0) is 0 Å². The monoisotopic (exact) mass is 359 g/mol. The Morgan fingerprint density at radius 1 is 1.11 bits per heavy atom.